The van der Waals surface area contributed by atoms with Gasteiger partial charge in [0.1, 0.15) is 5.84 Å². The summed E-state index contributed by atoms with van der Waals surface area (Å²) in [7, 11) is 0. The minimum atomic E-state index is -0.412. The normalized spacial score (nSPS) is 11.2. The Labute approximate surface area is 145 Å². The van der Waals surface area contributed by atoms with Crippen LogP contribution in [0, 0.1) is 17.0 Å². The number of non-ortho nitro benzene ring substituents is 1. The van der Waals surface area contributed by atoms with E-state index in [2.05, 4.69) is 10.3 Å². The highest BCUT2D eigenvalue weighted by atomic mass is 16.6. The van der Waals surface area contributed by atoms with Gasteiger partial charge in [-0.2, -0.15) is 0 Å². The van der Waals surface area contributed by atoms with Crippen LogP contribution in [0.15, 0.2) is 83.9 Å². The molecule has 5 heteroatoms. The summed E-state index contributed by atoms with van der Waals surface area (Å²) < 4.78 is 0. The number of nitro benzene ring substituents is 1. The highest BCUT2D eigenvalue weighted by molar-refractivity contribution is 6.09. The van der Waals surface area contributed by atoms with Crippen molar-refractivity contribution >= 4 is 22.9 Å². The largest absolute Gasteiger partial charge is 0.340 e. The fourth-order valence-electron chi connectivity index (χ4n) is 2.31. The average Bonchev–Trinajstić information content (AvgIpc) is 2.64. The van der Waals surface area contributed by atoms with Gasteiger partial charge in [0.15, 0.2) is 0 Å². The third kappa shape index (κ3) is 4.29. The van der Waals surface area contributed by atoms with Gasteiger partial charge >= 0.3 is 0 Å². The molecule has 0 saturated carbocycles. The van der Waals surface area contributed by atoms with E-state index in [1.807, 2.05) is 61.5 Å². The Bertz CT molecular complexity index is 886. The molecule has 0 heterocycles. The highest BCUT2D eigenvalue weighted by Gasteiger charge is 2.09. The number of nitrogens with one attached hydrogen (secondary N) is 1. The molecule has 0 bridgehead atoms. The van der Waals surface area contributed by atoms with Crippen LogP contribution in [-0.4, -0.2) is 10.8 Å². The zero-order valence-corrected chi connectivity index (χ0v) is 13.7. The fraction of sp³-hybridized carbons (Fsp3) is 0.0500. The van der Waals surface area contributed by atoms with Crippen LogP contribution in [0.5, 0.6) is 0 Å². The van der Waals surface area contributed by atoms with Crippen molar-refractivity contribution in [3.63, 3.8) is 0 Å². The topological polar surface area (TPSA) is 67.5 Å². The van der Waals surface area contributed by atoms with Crippen molar-refractivity contribution < 1.29 is 4.92 Å². The predicted octanol–water partition coefficient (Wildman–Crippen LogP) is 5.09. The van der Waals surface area contributed by atoms with Crippen molar-refractivity contribution in [1.29, 1.82) is 0 Å². The van der Waals surface area contributed by atoms with E-state index in [4.69, 9.17) is 0 Å². The van der Waals surface area contributed by atoms with Gasteiger partial charge in [0, 0.05) is 23.4 Å². The quantitative estimate of drug-likeness (QED) is 0.313. The highest BCUT2D eigenvalue weighted by Crippen LogP contribution is 2.19. The van der Waals surface area contributed by atoms with E-state index in [1.165, 1.54) is 12.1 Å². The number of anilines is 1. The molecule has 0 radical (unpaired) electrons. The van der Waals surface area contributed by atoms with Crippen molar-refractivity contribution in [3.8, 4) is 0 Å². The summed E-state index contributed by atoms with van der Waals surface area (Å²) in [6.45, 7) is 2.02. The summed E-state index contributed by atoms with van der Waals surface area (Å²) >= 11 is 0. The summed E-state index contributed by atoms with van der Waals surface area (Å²) in [5.41, 5.74) is 3.69. The molecule has 0 aliphatic heterocycles. The third-order valence-corrected chi connectivity index (χ3v) is 3.66. The first-order valence-electron chi connectivity index (χ1n) is 7.84. The average molecular weight is 331 g/mol. The van der Waals surface area contributed by atoms with Gasteiger partial charge in [-0.25, -0.2) is 4.99 Å². The first-order chi connectivity index (χ1) is 12.1. The van der Waals surface area contributed by atoms with Crippen LogP contribution in [0.25, 0.3) is 0 Å². The molecular weight excluding hydrogens is 314 g/mol. The van der Waals surface area contributed by atoms with Crippen molar-refractivity contribution in [1.82, 2.24) is 0 Å². The first-order valence-corrected chi connectivity index (χ1v) is 7.84. The number of benzene rings is 3. The van der Waals surface area contributed by atoms with Gasteiger partial charge in [0.05, 0.1) is 10.6 Å². The lowest BCUT2D eigenvalue weighted by atomic mass is 10.1. The molecule has 0 unspecified atom stereocenters. The third-order valence-electron chi connectivity index (χ3n) is 3.66. The SMILES string of the molecule is Cc1ccc(N=C(Nc2ccccc2)c2ccc([N+](=O)[O-])cc2)cc1. The molecule has 3 rings (SSSR count). The molecule has 3 aromatic rings. The smallest absolute Gasteiger partial charge is 0.269 e. The predicted molar refractivity (Wildman–Crippen MR) is 101 cm³/mol. The van der Waals surface area contributed by atoms with E-state index >= 15 is 0 Å². The number of hydrogen-bond donors (Lipinski definition) is 1. The van der Waals surface area contributed by atoms with E-state index in [9.17, 15) is 10.1 Å². The van der Waals surface area contributed by atoms with Gasteiger partial charge < -0.3 is 5.32 Å². The Morgan fingerprint density at radius 1 is 0.920 bits per heavy atom. The maximum Gasteiger partial charge on any atom is 0.269 e. The molecule has 0 aliphatic carbocycles. The number of aliphatic imine (C=N–C) groups is 1. The van der Waals surface area contributed by atoms with Gasteiger partial charge in [-0.15, -0.1) is 0 Å². The summed E-state index contributed by atoms with van der Waals surface area (Å²) in [6.07, 6.45) is 0. The fourth-order valence-corrected chi connectivity index (χ4v) is 2.31. The monoisotopic (exact) mass is 331 g/mol. The summed E-state index contributed by atoms with van der Waals surface area (Å²) in [5.74, 6) is 0.630. The maximum absolute atomic E-state index is 10.9. The minimum absolute atomic E-state index is 0.0538. The number of rotatable bonds is 4. The molecule has 0 fully saturated rings. The summed E-state index contributed by atoms with van der Waals surface area (Å²) in [4.78, 5) is 15.1. The molecule has 3 aromatic carbocycles. The second-order valence-corrected chi connectivity index (χ2v) is 5.59. The lowest BCUT2D eigenvalue weighted by Crippen LogP contribution is -2.13. The molecule has 1 N–H and O–H groups in total. The summed E-state index contributed by atoms with van der Waals surface area (Å²) in [5, 5.41) is 14.1. The van der Waals surface area contributed by atoms with Crippen LogP contribution in [0.2, 0.25) is 0 Å². The number of nitro groups is 1. The number of aryl methyl sites for hydroxylation is 1. The van der Waals surface area contributed by atoms with Crippen molar-refractivity contribution in [2.24, 2.45) is 4.99 Å². The van der Waals surface area contributed by atoms with Crippen LogP contribution in [0.3, 0.4) is 0 Å². The first kappa shape index (κ1) is 16.4. The van der Waals surface area contributed by atoms with Crippen molar-refractivity contribution in [3.05, 3.63) is 100 Å². The molecule has 0 aliphatic rings. The van der Waals surface area contributed by atoms with Gasteiger partial charge in [-0.1, -0.05) is 35.9 Å². The van der Waals surface area contributed by atoms with Crippen LogP contribution in [0.1, 0.15) is 11.1 Å². The van der Waals surface area contributed by atoms with E-state index < -0.39 is 4.92 Å². The molecule has 0 atom stereocenters. The Balaban J connectivity index is 1.98. The second kappa shape index (κ2) is 7.40. The zero-order chi connectivity index (χ0) is 17.6. The Morgan fingerprint density at radius 3 is 2.16 bits per heavy atom. The molecule has 0 amide bonds. The van der Waals surface area contributed by atoms with Gasteiger partial charge in [-0.3, -0.25) is 10.1 Å². The Hall–Kier alpha value is -3.47. The molecule has 5 nitrogen and oxygen atoms in total. The van der Waals surface area contributed by atoms with Gasteiger partial charge in [0.25, 0.3) is 5.69 Å². The molecule has 124 valence electrons. The summed E-state index contributed by atoms with van der Waals surface area (Å²) in [6, 6.07) is 23.9. The number of hydrogen-bond acceptors (Lipinski definition) is 3. The molecule has 25 heavy (non-hydrogen) atoms. The zero-order valence-electron chi connectivity index (χ0n) is 13.7. The van der Waals surface area contributed by atoms with Crippen molar-refractivity contribution in [2.75, 3.05) is 5.32 Å². The number of nitrogens with zero attached hydrogens (tertiary/aromatic N) is 2. The van der Waals surface area contributed by atoms with E-state index in [0.29, 0.717) is 5.84 Å². The standard InChI is InChI=1S/C20H17N3O2/c1-15-7-11-18(12-8-15)22-20(21-17-5-3-2-4-6-17)16-9-13-19(14-10-16)23(24)25/h2-14H,1H3,(H,21,22). The maximum atomic E-state index is 10.9. The van der Waals surface area contributed by atoms with Crippen LogP contribution < -0.4 is 5.32 Å². The second-order valence-electron chi connectivity index (χ2n) is 5.59. The van der Waals surface area contributed by atoms with E-state index in [0.717, 1.165) is 22.5 Å². The molecule has 0 spiro atoms. The lowest BCUT2D eigenvalue weighted by molar-refractivity contribution is -0.384. The number of amidine groups is 1. The van der Waals surface area contributed by atoms with E-state index in [-0.39, 0.29) is 5.69 Å². The molecule has 0 aromatic heterocycles. The van der Waals surface area contributed by atoms with Gasteiger partial charge in [-0.05, 0) is 43.3 Å². The van der Waals surface area contributed by atoms with Crippen LogP contribution >= 0.6 is 0 Å². The lowest BCUT2D eigenvalue weighted by Gasteiger charge is -2.10. The van der Waals surface area contributed by atoms with Crippen LogP contribution in [-0.2, 0) is 0 Å². The van der Waals surface area contributed by atoms with Crippen LogP contribution in [0.4, 0.5) is 17.1 Å². The minimum Gasteiger partial charge on any atom is -0.340 e. The Morgan fingerprint density at radius 2 is 1.56 bits per heavy atom. The van der Waals surface area contributed by atoms with E-state index in [1.54, 1.807) is 12.1 Å². The molecular formula is C20H17N3O2. The Kier molecular flexibility index (Phi) is 4.85. The molecule has 0 saturated heterocycles. The van der Waals surface area contributed by atoms with Gasteiger partial charge in [0.2, 0.25) is 0 Å². The number of para-hydroxylation sites is 1. The van der Waals surface area contributed by atoms with Crippen molar-refractivity contribution in [2.45, 2.75) is 6.92 Å².